The molecule has 0 heterocycles. The largest absolute Gasteiger partial charge is 0.464 e. The molecule has 142 valence electrons. The molecule has 0 radical (unpaired) electrons. The van der Waals surface area contributed by atoms with Gasteiger partial charge in [-0.15, -0.1) is 0 Å². The zero-order valence-corrected chi connectivity index (χ0v) is 15.8. The number of esters is 1. The van der Waals surface area contributed by atoms with E-state index in [2.05, 4.69) is 17.6 Å². The van der Waals surface area contributed by atoms with Crippen LogP contribution in [0.4, 0.5) is 0 Å². The summed E-state index contributed by atoms with van der Waals surface area (Å²) in [5.74, 6) is -0.0387. The quantitative estimate of drug-likeness (QED) is 0.313. The van der Waals surface area contributed by atoms with E-state index in [1.807, 2.05) is 0 Å². The second-order valence-corrected chi connectivity index (χ2v) is 6.25. The molecule has 24 heavy (non-hydrogen) atoms. The molecule has 2 N–H and O–H groups in total. The predicted molar refractivity (Wildman–Crippen MR) is 99.0 cm³/mol. The normalized spacial score (nSPS) is 10.6. The van der Waals surface area contributed by atoms with Crippen molar-refractivity contribution in [3.8, 4) is 0 Å². The molecule has 0 aromatic carbocycles. The van der Waals surface area contributed by atoms with Crippen molar-refractivity contribution >= 4 is 11.9 Å². The van der Waals surface area contributed by atoms with E-state index < -0.39 is 0 Å². The molecule has 0 saturated heterocycles. The third-order valence-corrected chi connectivity index (χ3v) is 3.96. The van der Waals surface area contributed by atoms with Crippen LogP contribution in [-0.2, 0) is 14.3 Å². The standard InChI is InChI=1S/C19H38N2O3/c1-3-5-6-7-8-9-10-11-12-13-18(22)21-15-14-20-16-17-24-19(23)4-2/h20H,3-17H2,1-2H3,(H,21,22). The number of carbonyl (C=O) groups is 2. The summed E-state index contributed by atoms with van der Waals surface area (Å²) in [5.41, 5.74) is 0. The van der Waals surface area contributed by atoms with Crippen LogP contribution in [0, 0.1) is 0 Å². The zero-order chi connectivity index (χ0) is 17.9. The summed E-state index contributed by atoms with van der Waals surface area (Å²) in [7, 11) is 0. The number of amides is 1. The summed E-state index contributed by atoms with van der Waals surface area (Å²) in [4.78, 5) is 22.6. The fourth-order valence-electron chi connectivity index (χ4n) is 2.44. The molecule has 0 spiro atoms. The lowest BCUT2D eigenvalue weighted by Crippen LogP contribution is -2.33. The highest BCUT2D eigenvalue weighted by Crippen LogP contribution is 2.10. The molecule has 0 saturated carbocycles. The van der Waals surface area contributed by atoms with Crippen LogP contribution in [-0.4, -0.2) is 38.1 Å². The minimum atomic E-state index is -0.175. The van der Waals surface area contributed by atoms with E-state index in [1.54, 1.807) is 6.92 Å². The first-order valence-corrected chi connectivity index (χ1v) is 9.83. The average molecular weight is 343 g/mol. The second-order valence-electron chi connectivity index (χ2n) is 6.25. The van der Waals surface area contributed by atoms with Crippen molar-refractivity contribution in [2.24, 2.45) is 0 Å². The summed E-state index contributed by atoms with van der Waals surface area (Å²) in [6, 6.07) is 0. The van der Waals surface area contributed by atoms with Gasteiger partial charge in [0.25, 0.3) is 0 Å². The molecule has 5 nitrogen and oxygen atoms in total. The van der Waals surface area contributed by atoms with Crippen LogP contribution in [0.1, 0.15) is 84.5 Å². The molecule has 0 aliphatic carbocycles. The van der Waals surface area contributed by atoms with Gasteiger partial charge in [0.15, 0.2) is 0 Å². The van der Waals surface area contributed by atoms with Gasteiger partial charge in [-0.05, 0) is 6.42 Å². The van der Waals surface area contributed by atoms with Gasteiger partial charge in [-0.3, -0.25) is 9.59 Å². The van der Waals surface area contributed by atoms with E-state index in [-0.39, 0.29) is 11.9 Å². The van der Waals surface area contributed by atoms with Crippen LogP contribution in [0.2, 0.25) is 0 Å². The number of unbranched alkanes of at least 4 members (excludes halogenated alkanes) is 8. The fourth-order valence-corrected chi connectivity index (χ4v) is 2.44. The van der Waals surface area contributed by atoms with Gasteiger partial charge < -0.3 is 15.4 Å². The maximum absolute atomic E-state index is 11.7. The van der Waals surface area contributed by atoms with Crippen molar-refractivity contribution in [2.75, 3.05) is 26.2 Å². The number of rotatable bonds is 17. The molecule has 0 aliphatic rings. The minimum absolute atomic E-state index is 0.136. The molecular formula is C19H38N2O3. The van der Waals surface area contributed by atoms with Crippen LogP contribution in [0.5, 0.6) is 0 Å². The molecule has 5 heteroatoms. The molecule has 0 unspecified atom stereocenters. The first kappa shape index (κ1) is 22.9. The number of ether oxygens (including phenoxy) is 1. The first-order valence-electron chi connectivity index (χ1n) is 9.83. The van der Waals surface area contributed by atoms with E-state index in [0.717, 1.165) is 12.8 Å². The molecule has 0 aromatic heterocycles. The number of hydrogen-bond donors (Lipinski definition) is 2. The third kappa shape index (κ3) is 17.3. The molecule has 0 atom stereocenters. The molecule has 0 fully saturated rings. The lowest BCUT2D eigenvalue weighted by Gasteiger charge is -2.07. The molecule has 0 aromatic rings. The summed E-state index contributed by atoms with van der Waals surface area (Å²) >= 11 is 0. The molecule has 0 aliphatic heterocycles. The van der Waals surface area contributed by atoms with Crippen LogP contribution < -0.4 is 10.6 Å². The van der Waals surface area contributed by atoms with Gasteiger partial charge in [0, 0.05) is 32.5 Å². The third-order valence-electron chi connectivity index (χ3n) is 3.96. The molecular weight excluding hydrogens is 304 g/mol. The van der Waals surface area contributed by atoms with Crippen LogP contribution >= 0.6 is 0 Å². The van der Waals surface area contributed by atoms with Crippen LogP contribution in [0.15, 0.2) is 0 Å². The Morgan fingerprint density at radius 1 is 0.792 bits per heavy atom. The zero-order valence-electron chi connectivity index (χ0n) is 15.8. The predicted octanol–water partition coefficient (Wildman–Crippen LogP) is 3.57. The summed E-state index contributed by atoms with van der Waals surface area (Å²) < 4.78 is 4.94. The fraction of sp³-hybridized carbons (Fsp3) is 0.895. The highest BCUT2D eigenvalue weighted by molar-refractivity contribution is 5.75. The van der Waals surface area contributed by atoms with Crippen molar-refractivity contribution in [3.05, 3.63) is 0 Å². The van der Waals surface area contributed by atoms with E-state index in [9.17, 15) is 9.59 Å². The van der Waals surface area contributed by atoms with Crippen molar-refractivity contribution in [3.63, 3.8) is 0 Å². The summed E-state index contributed by atoms with van der Waals surface area (Å²) in [6.07, 6.45) is 12.5. The molecule has 0 bridgehead atoms. The Bertz CT molecular complexity index is 309. The van der Waals surface area contributed by atoms with Crippen molar-refractivity contribution in [1.29, 1.82) is 0 Å². The number of nitrogens with one attached hydrogen (secondary N) is 2. The van der Waals surface area contributed by atoms with Gasteiger partial charge in [0.1, 0.15) is 6.61 Å². The lowest BCUT2D eigenvalue weighted by molar-refractivity contribution is -0.143. The highest BCUT2D eigenvalue weighted by Gasteiger charge is 2.01. The number of carbonyl (C=O) groups excluding carboxylic acids is 2. The number of hydrogen-bond acceptors (Lipinski definition) is 4. The van der Waals surface area contributed by atoms with Crippen molar-refractivity contribution in [1.82, 2.24) is 10.6 Å². The van der Waals surface area contributed by atoms with Crippen molar-refractivity contribution in [2.45, 2.75) is 84.5 Å². The first-order chi connectivity index (χ1) is 11.7. The van der Waals surface area contributed by atoms with Gasteiger partial charge >= 0.3 is 5.97 Å². The van der Waals surface area contributed by atoms with E-state index in [4.69, 9.17) is 4.74 Å². The van der Waals surface area contributed by atoms with Gasteiger partial charge in [0.2, 0.25) is 5.91 Å². The van der Waals surface area contributed by atoms with Gasteiger partial charge in [-0.1, -0.05) is 65.2 Å². The van der Waals surface area contributed by atoms with Gasteiger partial charge in [-0.2, -0.15) is 0 Å². The van der Waals surface area contributed by atoms with Crippen LogP contribution in [0.25, 0.3) is 0 Å². The van der Waals surface area contributed by atoms with Gasteiger partial charge in [0.05, 0.1) is 0 Å². The highest BCUT2D eigenvalue weighted by atomic mass is 16.5. The summed E-state index contributed by atoms with van der Waals surface area (Å²) in [5, 5.41) is 6.04. The van der Waals surface area contributed by atoms with E-state index in [1.165, 1.54) is 44.9 Å². The Morgan fingerprint density at radius 2 is 1.42 bits per heavy atom. The Morgan fingerprint density at radius 3 is 2.04 bits per heavy atom. The Balaban J connectivity index is 3.20. The second kappa shape index (κ2) is 18.2. The SMILES string of the molecule is CCCCCCCCCCCC(=O)NCCNCCOC(=O)CC. The Labute approximate surface area is 148 Å². The summed E-state index contributed by atoms with van der Waals surface area (Å²) in [6.45, 7) is 6.36. The molecule has 1 amide bonds. The monoisotopic (exact) mass is 342 g/mol. The Kier molecular flexibility index (Phi) is 17.4. The maximum atomic E-state index is 11.7. The van der Waals surface area contributed by atoms with Gasteiger partial charge in [-0.25, -0.2) is 0 Å². The van der Waals surface area contributed by atoms with Crippen molar-refractivity contribution < 1.29 is 14.3 Å². The molecule has 0 rings (SSSR count). The minimum Gasteiger partial charge on any atom is -0.464 e. The average Bonchev–Trinajstić information content (AvgIpc) is 2.59. The maximum Gasteiger partial charge on any atom is 0.305 e. The topological polar surface area (TPSA) is 67.4 Å². The van der Waals surface area contributed by atoms with E-state index >= 15 is 0 Å². The van der Waals surface area contributed by atoms with Crippen LogP contribution in [0.3, 0.4) is 0 Å². The lowest BCUT2D eigenvalue weighted by atomic mass is 10.1. The smallest absolute Gasteiger partial charge is 0.305 e. The van der Waals surface area contributed by atoms with E-state index in [0.29, 0.717) is 39.1 Å². The Hall–Kier alpha value is -1.10.